The lowest BCUT2D eigenvalue weighted by atomic mass is 10.1. The molecule has 4 heterocycles. The molecule has 13 heteroatoms. The van der Waals surface area contributed by atoms with Crippen LogP contribution in [0, 0.1) is 0 Å². The maximum Gasteiger partial charge on any atom is 0.261 e. The molecular weight excluding hydrogens is 767 g/mol. The zero-order chi connectivity index (χ0) is 41.0. The second-order valence-electron chi connectivity index (χ2n) is 15.6. The SMILES string of the molecule is COc1cc2c(cc1OCc1cc(COc3cc4c(cc3OC)C(=O)N3c5ccccc5C[C@H]3CN4)cc(NC(=O)C(C)(C)S)c1)N=C[C@@H]1Cc3ccccc3N1C2=O. The zero-order valence-electron chi connectivity index (χ0n) is 33.1. The van der Waals surface area contributed by atoms with Gasteiger partial charge in [-0.25, -0.2) is 0 Å². The van der Waals surface area contributed by atoms with E-state index >= 15 is 0 Å². The van der Waals surface area contributed by atoms with Crippen molar-refractivity contribution < 1.29 is 33.3 Å². The number of hydrogen-bond acceptors (Lipinski definition) is 10. The number of para-hydroxylation sites is 2. The van der Waals surface area contributed by atoms with Gasteiger partial charge in [0.25, 0.3) is 11.8 Å². The van der Waals surface area contributed by atoms with Gasteiger partial charge in [-0.2, -0.15) is 12.6 Å². The topological polar surface area (TPSA) is 131 Å². The van der Waals surface area contributed by atoms with E-state index in [2.05, 4.69) is 29.3 Å². The summed E-state index contributed by atoms with van der Waals surface area (Å²) in [6, 6.07) is 28.2. The van der Waals surface area contributed by atoms with Gasteiger partial charge >= 0.3 is 0 Å². The Kier molecular flexibility index (Phi) is 9.70. The third kappa shape index (κ3) is 7.09. The Labute approximate surface area is 347 Å². The van der Waals surface area contributed by atoms with Crippen LogP contribution in [-0.2, 0) is 30.8 Å². The molecule has 4 aliphatic heterocycles. The highest BCUT2D eigenvalue weighted by Gasteiger charge is 2.39. The Hall–Kier alpha value is -6.47. The highest BCUT2D eigenvalue weighted by atomic mass is 32.1. The molecule has 0 radical (unpaired) electrons. The number of carbonyl (C=O) groups is 3. The zero-order valence-corrected chi connectivity index (χ0v) is 34.0. The van der Waals surface area contributed by atoms with E-state index in [1.807, 2.05) is 71.8 Å². The smallest absolute Gasteiger partial charge is 0.261 e. The summed E-state index contributed by atoms with van der Waals surface area (Å²) in [6.07, 6.45) is 3.28. The number of amides is 3. The molecule has 5 aromatic carbocycles. The molecule has 9 rings (SSSR count). The van der Waals surface area contributed by atoms with Crippen molar-refractivity contribution >= 4 is 65.0 Å². The second-order valence-corrected chi connectivity index (χ2v) is 16.7. The fraction of sp³-hybridized carbons (Fsp3) is 0.261. The molecule has 0 aromatic heterocycles. The van der Waals surface area contributed by atoms with Crippen LogP contribution in [0.2, 0.25) is 0 Å². The predicted molar refractivity (Wildman–Crippen MR) is 231 cm³/mol. The summed E-state index contributed by atoms with van der Waals surface area (Å²) in [5.74, 6) is 1.12. The molecule has 0 saturated carbocycles. The standard InChI is InChI=1S/C46H43N5O7S/c1-46(2,59)45(54)49-30-14-26(24-57-41-20-35-33(18-39(41)55-3)43(52)50-31(22-47-35)16-28-9-5-7-11-37(28)50)13-27(15-30)25-58-42-21-36-34(19-40(42)56-4)44(53)51-32(23-48-36)17-29-10-6-8-12-38(29)51/h5-15,18-22,31-32,48,59H,16-17,23-25H2,1-4H3,(H,49,54)/t31-,32-/m0/s1. The van der Waals surface area contributed by atoms with Crippen molar-refractivity contribution in [2.75, 3.05) is 41.2 Å². The molecule has 0 spiro atoms. The van der Waals surface area contributed by atoms with Gasteiger partial charge in [0.15, 0.2) is 23.0 Å². The number of benzene rings is 5. The molecule has 3 amide bonds. The highest BCUT2D eigenvalue weighted by molar-refractivity contribution is 7.82. The van der Waals surface area contributed by atoms with Gasteiger partial charge in [-0.3, -0.25) is 24.3 Å². The Morgan fingerprint density at radius 2 is 1.37 bits per heavy atom. The Bertz CT molecular complexity index is 2570. The summed E-state index contributed by atoms with van der Waals surface area (Å²) in [5.41, 5.74) is 8.14. The fourth-order valence-electron chi connectivity index (χ4n) is 8.21. The molecule has 12 nitrogen and oxygen atoms in total. The van der Waals surface area contributed by atoms with E-state index in [9.17, 15) is 14.4 Å². The van der Waals surface area contributed by atoms with Gasteiger partial charge < -0.3 is 34.5 Å². The van der Waals surface area contributed by atoms with Crippen molar-refractivity contribution in [1.29, 1.82) is 0 Å². The van der Waals surface area contributed by atoms with Crippen LogP contribution in [0.1, 0.15) is 56.8 Å². The summed E-state index contributed by atoms with van der Waals surface area (Å²) < 4.78 is 23.3. The number of rotatable bonds is 10. The van der Waals surface area contributed by atoms with Crippen LogP contribution in [0.5, 0.6) is 23.0 Å². The van der Waals surface area contributed by atoms with Crippen LogP contribution in [0.4, 0.5) is 28.4 Å². The van der Waals surface area contributed by atoms with Crippen LogP contribution in [0.3, 0.4) is 0 Å². The van der Waals surface area contributed by atoms with E-state index in [4.69, 9.17) is 23.9 Å². The number of carbonyl (C=O) groups excluding carboxylic acids is 3. The third-order valence-electron chi connectivity index (χ3n) is 11.1. The van der Waals surface area contributed by atoms with Crippen molar-refractivity contribution in [3.63, 3.8) is 0 Å². The Balaban J connectivity index is 0.973. The molecule has 0 aliphatic carbocycles. The molecule has 4 aliphatic rings. The molecule has 300 valence electrons. The number of ether oxygens (including phenoxy) is 4. The van der Waals surface area contributed by atoms with Gasteiger partial charge in [-0.05, 0) is 85.0 Å². The van der Waals surface area contributed by atoms with Crippen LogP contribution < -0.4 is 39.4 Å². The number of thiol groups is 1. The maximum absolute atomic E-state index is 14.0. The number of hydrogen-bond donors (Lipinski definition) is 3. The summed E-state index contributed by atoms with van der Waals surface area (Å²) in [5, 5.41) is 6.45. The predicted octanol–water partition coefficient (Wildman–Crippen LogP) is 7.79. The number of aliphatic imine (C=N–C) groups is 1. The van der Waals surface area contributed by atoms with E-state index in [0.717, 1.165) is 40.0 Å². The average molecular weight is 810 g/mol. The number of anilines is 4. The van der Waals surface area contributed by atoms with Gasteiger partial charge in [-0.15, -0.1) is 0 Å². The van der Waals surface area contributed by atoms with Gasteiger partial charge in [0.2, 0.25) is 5.91 Å². The van der Waals surface area contributed by atoms with Gasteiger partial charge in [0, 0.05) is 48.4 Å². The minimum Gasteiger partial charge on any atom is -0.493 e. The molecular formula is C46H43N5O7S. The Morgan fingerprint density at radius 3 is 2.03 bits per heavy atom. The van der Waals surface area contributed by atoms with Crippen LogP contribution >= 0.6 is 12.6 Å². The summed E-state index contributed by atoms with van der Waals surface area (Å²) in [6.45, 7) is 4.21. The molecule has 0 bridgehead atoms. The van der Waals surface area contributed by atoms with E-state index in [1.165, 1.54) is 7.11 Å². The number of fused-ring (bicyclic) bond motifs is 8. The van der Waals surface area contributed by atoms with E-state index < -0.39 is 4.75 Å². The van der Waals surface area contributed by atoms with Crippen molar-refractivity contribution in [1.82, 2.24) is 0 Å². The van der Waals surface area contributed by atoms with E-state index in [1.54, 1.807) is 50.1 Å². The molecule has 0 unspecified atom stereocenters. The quantitative estimate of drug-likeness (QED) is 0.122. The van der Waals surface area contributed by atoms with Crippen molar-refractivity contribution in [3.05, 3.63) is 124 Å². The van der Waals surface area contributed by atoms with E-state index in [-0.39, 0.29) is 43.0 Å². The first-order valence-corrected chi connectivity index (χ1v) is 19.9. The maximum atomic E-state index is 14.0. The monoisotopic (exact) mass is 809 g/mol. The van der Waals surface area contributed by atoms with Gasteiger partial charge in [0.05, 0.1) is 53.6 Å². The molecule has 2 N–H and O–H groups in total. The average Bonchev–Trinajstić information content (AvgIpc) is 3.72. The lowest BCUT2D eigenvalue weighted by molar-refractivity contribution is -0.117. The summed E-state index contributed by atoms with van der Waals surface area (Å²) >= 11 is 4.47. The number of methoxy groups -OCH3 is 2. The minimum atomic E-state index is -0.940. The Morgan fingerprint density at radius 1 is 0.780 bits per heavy atom. The number of nitrogens with zero attached hydrogens (tertiary/aromatic N) is 3. The largest absolute Gasteiger partial charge is 0.493 e. The van der Waals surface area contributed by atoms with Crippen LogP contribution in [0.15, 0.2) is 96.0 Å². The lowest BCUT2D eigenvalue weighted by Gasteiger charge is -2.23. The lowest BCUT2D eigenvalue weighted by Crippen LogP contribution is -2.39. The molecule has 59 heavy (non-hydrogen) atoms. The molecule has 2 atom stereocenters. The minimum absolute atomic E-state index is 0.0136. The number of nitrogens with one attached hydrogen (secondary N) is 2. The highest BCUT2D eigenvalue weighted by Crippen LogP contribution is 2.43. The molecule has 5 aromatic rings. The first-order valence-electron chi connectivity index (χ1n) is 19.5. The molecule has 0 saturated heterocycles. The van der Waals surface area contributed by atoms with Crippen LogP contribution in [-0.4, -0.2) is 61.5 Å². The summed E-state index contributed by atoms with van der Waals surface area (Å²) in [4.78, 5) is 49.4. The normalized spacial score (nSPS) is 17.3. The third-order valence-corrected chi connectivity index (χ3v) is 11.3. The molecule has 0 fully saturated rings. The van der Waals surface area contributed by atoms with Crippen LogP contribution in [0.25, 0.3) is 0 Å². The van der Waals surface area contributed by atoms with Crippen molar-refractivity contribution in [2.45, 2.75) is 56.7 Å². The van der Waals surface area contributed by atoms with Gasteiger partial charge in [0.1, 0.15) is 13.2 Å². The first kappa shape index (κ1) is 38.1. The van der Waals surface area contributed by atoms with Gasteiger partial charge in [-0.1, -0.05) is 36.4 Å². The summed E-state index contributed by atoms with van der Waals surface area (Å²) in [7, 11) is 3.07. The first-order chi connectivity index (χ1) is 28.5. The van der Waals surface area contributed by atoms with E-state index in [0.29, 0.717) is 64.2 Å². The van der Waals surface area contributed by atoms with Crippen molar-refractivity contribution in [3.8, 4) is 23.0 Å². The second kappa shape index (κ2) is 15.0. The van der Waals surface area contributed by atoms with Crippen molar-refractivity contribution in [2.24, 2.45) is 4.99 Å². The fourth-order valence-corrected chi connectivity index (χ4v) is 8.26.